The molecule has 0 saturated heterocycles. The molecule has 0 atom stereocenters. The smallest absolute Gasteiger partial charge is 0.0459 e. The van der Waals surface area contributed by atoms with E-state index in [0.717, 1.165) is 17.5 Å². The van der Waals surface area contributed by atoms with E-state index in [2.05, 4.69) is 0 Å². The van der Waals surface area contributed by atoms with Crippen molar-refractivity contribution in [3.63, 3.8) is 0 Å². The fourth-order valence-corrected chi connectivity index (χ4v) is 1.91. The molecule has 1 nitrogen and oxygen atoms in total. The largest absolute Gasteiger partial charge is 0.305 e. The third-order valence-electron chi connectivity index (χ3n) is 1.93. The van der Waals surface area contributed by atoms with Gasteiger partial charge in [-0.3, -0.25) is 0 Å². The molecule has 0 radical (unpaired) electrons. The minimum absolute atomic E-state index is 0.478. The molecule has 1 aromatic rings. The lowest BCUT2D eigenvalue weighted by Crippen LogP contribution is -1.94. The minimum atomic E-state index is 0.478. The van der Waals surface area contributed by atoms with Crippen LogP contribution in [-0.4, -0.2) is 5.71 Å². The van der Waals surface area contributed by atoms with E-state index >= 15 is 0 Å². The summed E-state index contributed by atoms with van der Waals surface area (Å²) >= 11 is 12.0. The van der Waals surface area contributed by atoms with Gasteiger partial charge in [0.1, 0.15) is 0 Å². The Morgan fingerprint density at radius 3 is 2.08 bits per heavy atom. The van der Waals surface area contributed by atoms with Gasteiger partial charge in [0.25, 0.3) is 0 Å². The Hall–Kier alpha value is -0.530. The number of rotatable bonds is 2. The fraction of sp³-hybridized carbons (Fsp3) is 0.300. The maximum absolute atomic E-state index is 7.44. The van der Waals surface area contributed by atoms with Crippen LogP contribution in [-0.2, 0) is 6.42 Å². The molecule has 0 spiro atoms. The van der Waals surface area contributed by atoms with E-state index in [-0.39, 0.29) is 0 Å². The molecule has 0 aliphatic rings. The Kier molecular flexibility index (Phi) is 3.34. The third-order valence-corrected chi connectivity index (χ3v) is 2.60. The Labute approximate surface area is 88.2 Å². The van der Waals surface area contributed by atoms with E-state index in [9.17, 15) is 0 Å². The molecule has 0 aliphatic carbocycles. The maximum atomic E-state index is 7.44. The second-order valence-electron chi connectivity index (χ2n) is 2.90. The molecular weight excluding hydrogens is 205 g/mol. The number of benzene rings is 1. The van der Waals surface area contributed by atoms with Gasteiger partial charge in [-0.1, -0.05) is 30.1 Å². The molecule has 1 aromatic carbocycles. The number of hydrogen-bond donors (Lipinski definition) is 1. The Bertz CT molecular complexity index is 322. The fourth-order valence-electron chi connectivity index (χ4n) is 1.16. The number of hydrogen-bond acceptors (Lipinski definition) is 1. The molecule has 3 heteroatoms. The van der Waals surface area contributed by atoms with E-state index in [1.54, 1.807) is 19.1 Å². The zero-order valence-electron chi connectivity index (χ0n) is 7.62. The molecule has 0 aromatic heterocycles. The molecule has 1 rings (SSSR count). The topological polar surface area (TPSA) is 23.9 Å². The maximum Gasteiger partial charge on any atom is 0.0459 e. The van der Waals surface area contributed by atoms with Gasteiger partial charge in [0.15, 0.2) is 0 Å². The van der Waals surface area contributed by atoms with Crippen LogP contribution in [0.5, 0.6) is 0 Å². The lowest BCUT2D eigenvalue weighted by Gasteiger charge is -2.06. The van der Waals surface area contributed by atoms with Crippen molar-refractivity contribution >= 4 is 28.9 Å². The van der Waals surface area contributed by atoms with Crippen LogP contribution >= 0.6 is 23.2 Å². The van der Waals surface area contributed by atoms with Crippen molar-refractivity contribution in [1.82, 2.24) is 0 Å². The van der Waals surface area contributed by atoms with Crippen molar-refractivity contribution in [1.29, 1.82) is 5.41 Å². The van der Waals surface area contributed by atoms with Gasteiger partial charge in [0.05, 0.1) is 0 Å². The third kappa shape index (κ3) is 2.23. The van der Waals surface area contributed by atoms with Gasteiger partial charge >= 0.3 is 0 Å². The van der Waals surface area contributed by atoms with Crippen LogP contribution in [0.3, 0.4) is 0 Å². The van der Waals surface area contributed by atoms with Gasteiger partial charge in [-0.05, 0) is 36.6 Å². The highest BCUT2D eigenvalue weighted by Crippen LogP contribution is 2.27. The highest BCUT2D eigenvalue weighted by molar-refractivity contribution is 6.36. The van der Waals surface area contributed by atoms with Crippen molar-refractivity contribution in [2.24, 2.45) is 0 Å². The summed E-state index contributed by atoms with van der Waals surface area (Å²) in [5.41, 5.74) is 2.21. The van der Waals surface area contributed by atoms with Crippen LogP contribution < -0.4 is 0 Å². The average molecular weight is 216 g/mol. The molecule has 1 N–H and O–H groups in total. The first-order valence-electron chi connectivity index (χ1n) is 4.09. The summed E-state index contributed by atoms with van der Waals surface area (Å²) in [7, 11) is 0. The molecular formula is C10H11Cl2N. The van der Waals surface area contributed by atoms with Gasteiger partial charge in [-0.2, -0.15) is 0 Å². The molecule has 0 fully saturated rings. The highest BCUT2D eigenvalue weighted by atomic mass is 35.5. The van der Waals surface area contributed by atoms with Crippen molar-refractivity contribution in [3.05, 3.63) is 33.3 Å². The molecule has 0 heterocycles. The molecule has 70 valence electrons. The zero-order valence-corrected chi connectivity index (χ0v) is 9.13. The van der Waals surface area contributed by atoms with Crippen LogP contribution in [0.25, 0.3) is 0 Å². The zero-order chi connectivity index (χ0) is 10.0. The first kappa shape index (κ1) is 10.6. The molecule has 13 heavy (non-hydrogen) atoms. The van der Waals surface area contributed by atoms with E-state index in [1.165, 1.54) is 0 Å². The monoisotopic (exact) mass is 215 g/mol. The van der Waals surface area contributed by atoms with E-state index in [1.807, 2.05) is 6.92 Å². The molecule has 0 amide bonds. The Balaban J connectivity index is 3.28. The second-order valence-corrected chi connectivity index (χ2v) is 3.71. The highest BCUT2D eigenvalue weighted by Gasteiger charge is 2.06. The lowest BCUT2D eigenvalue weighted by molar-refractivity contribution is 1.14. The molecule has 0 aliphatic heterocycles. The van der Waals surface area contributed by atoms with Crippen LogP contribution in [0.15, 0.2) is 12.1 Å². The normalized spacial score (nSPS) is 10.2. The predicted octanol–water partition coefficient (Wildman–Crippen LogP) is 3.94. The SMILES string of the molecule is CCc1c(Cl)cc(C(C)=N)cc1Cl. The summed E-state index contributed by atoms with van der Waals surface area (Å²) in [6.07, 6.45) is 0.814. The van der Waals surface area contributed by atoms with Gasteiger partial charge in [-0.15, -0.1) is 0 Å². The van der Waals surface area contributed by atoms with Gasteiger partial charge in [0.2, 0.25) is 0 Å². The summed E-state index contributed by atoms with van der Waals surface area (Å²) in [6.45, 7) is 3.72. The number of halogens is 2. The average Bonchev–Trinajstić information content (AvgIpc) is 2.03. The summed E-state index contributed by atoms with van der Waals surface area (Å²) in [4.78, 5) is 0. The quantitative estimate of drug-likeness (QED) is 0.724. The second kappa shape index (κ2) is 4.12. The van der Waals surface area contributed by atoms with Crippen molar-refractivity contribution in [2.45, 2.75) is 20.3 Å². The van der Waals surface area contributed by atoms with Crippen molar-refractivity contribution in [3.8, 4) is 0 Å². The van der Waals surface area contributed by atoms with Crippen molar-refractivity contribution in [2.75, 3.05) is 0 Å². The van der Waals surface area contributed by atoms with Crippen LogP contribution in [0.4, 0.5) is 0 Å². The van der Waals surface area contributed by atoms with Crippen LogP contribution in [0, 0.1) is 5.41 Å². The van der Waals surface area contributed by atoms with Crippen LogP contribution in [0.2, 0.25) is 10.0 Å². The first-order chi connectivity index (χ1) is 6.06. The molecule has 0 unspecified atom stereocenters. The predicted molar refractivity (Wildman–Crippen MR) is 58.3 cm³/mol. The lowest BCUT2D eigenvalue weighted by atomic mass is 10.1. The Morgan fingerprint density at radius 1 is 1.31 bits per heavy atom. The summed E-state index contributed by atoms with van der Waals surface area (Å²) in [6, 6.07) is 3.57. The molecule has 0 bridgehead atoms. The van der Waals surface area contributed by atoms with Gasteiger partial charge < -0.3 is 5.41 Å². The summed E-state index contributed by atoms with van der Waals surface area (Å²) in [5.74, 6) is 0. The summed E-state index contributed by atoms with van der Waals surface area (Å²) < 4.78 is 0. The first-order valence-corrected chi connectivity index (χ1v) is 4.85. The molecule has 0 saturated carbocycles. The minimum Gasteiger partial charge on any atom is -0.305 e. The van der Waals surface area contributed by atoms with Gasteiger partial charge in [-0.25, -0.2) is 0 Å². The summed E-state index contributed by atoms with van der Waals surface area (Å²) in [5, 5.41) is 8.74. The van der Waals surface area contributed by atoms with Crippen LogP contribution in [0.1, 0.15) is 25.0 Å². The standard InChI is InChI=1S/C10H11Cl2N/c1-3-8-9(11)4-7(6(2)13)5-10(8)12/h4-5,13H,3H2,1-2H3. The van der Waals surface area contributed by atoms with E-state index < -0.39 is 0 Å². The van der Waals surface area contributed by atoms with Gasteiger partial charge in [0, 0.05) is 15.8 Å². The van der Waals surface area contributed by atoms with E-state index in [4.69, 9.17) is 28.6 Å². The number of nitrogens with one attached hydrogen (secondary N) is 1. The van der Waals surface area contributed by atoms with Crippen molar-refractivity contribution < 1.29 is 0 Å². The Morgan fingerprint density at radius 2 is 1.77 bits per heavy atom. The van der Waals surface area contributed by atoms with E-state index in [0.29, 0.717) is 15.8 Å².